The maximum atomic E-state index is 10.6. The van der Waals surface area contributed by atoms with Crippen molar-refractivity contribution in [2.75, 3.05) is 36.8 Å². The van der Waals surface area contributed by atoms with Gasteiger partial charge in [-0.15, -0.1) is 0 Å². The van der Waals surface area contributed by atoms with Crippen molar-refractivity contribution in [2.24, 2.45) is 5.92 Å². The van der Waals surface area contributed by atoms with E-state index in [4.69, 9.17) is 9.90 Å². The minimum Gasteiger partial charge on any atom is -0.475 e. The first kappa shape index (κ1) is 26.9. The lowest BCUT2D eigenvalue weighted by molar-refractivity contribution is -0.192. The highest BCUT2D eigenvalue weighted by Gasteiger charge is 2.44. The number of benzene rings is 2. The molecule has 6 rings (SSSR count). The molecule has 2 aromatic carbocycles. The van der Waals surface area contributed by atoms with Crippen LogP contribution in [0.3, 0.4) is 0 Å². The number of hydrogen-bond acceptors (Lipinski definition) is 5. The largest absolute Gasteiger partial charge is 0.490 e. The van der Waals surface area contributed by atoms with E-state index < -0.39 is 12.1 Å². The summed E-state index contributed by atoms with van der Waals surface area (Å²) < 4.78 is 31.7. The second-order valence-electron chi connectivity index (χ2n) is 10.7. The molecular formula is C29H32F3N3O2S. The molecule has 3 aliphatic heterocycles. The maximum absolute atomic E-state index is 10.6. The molecule has 0 aromatic heterocycles. The monoisotopic (exact) mass is 543 g/mol. The number of fused-ring (bicyclic) bond motifs is 3. The third-order valence-electron chi connectivity index (χ3n) is 8.45. The molecule has 0 spiro atoms. The highest BCUT2D eigenvalue weighted by Crippen LogP contribution is 2.50. The van der Waals surface area contributed by atoms with Gasteiger partial charge in [0.2, 0.25) is 0 Å². The van der Waals surface area contributed by atoms with Crippen molar-refractivity contribution in [3.05, 3.63) is 52.6 Å². The van der Waals surface area contributed by atoms with Gasteiger partial charge in [-0.25, -0.2) is 4.79 Å². The van der Waals surface area contributed by atoms with E-state index in [1.165, 1.54) is 74.3 Å². The van der Waals surface area contributed by atoms with E-state index in [9.17, 15) is 18.4 Å². The van der Waals surface area contributed by atoms with Gasteiger partial charge in [-0.3, -0.25) is 0 Å². The summed E-state index contributed by atoms with van der Waals surface area (Å²) >= 11 is 2.08. The molecular weight excluding hydrogens is 511 g/mol. The summed E-state index contributed by atoms with van der Waals surface area (Å²) in [6, 6.07) is 14.1. The van der Waals surface area contributed by atoms with Crippen LogP contribution in [0.2, 0.25) is 0 Å². The zero-order chi connectivity index (χ0) is 27.0. The number of nitrogens with zero attached hydrogens (tertiary/aromatic N) is 3. The number of anilines is 1. The van der Waals surface area contributed by atoms with Gasteiger partial charge >= 0.3 is 12.1 Å². The molecule has 9 heteroatoms. The molecule has 1 N–H and O–H groups in total. The van der Waals surface area contributed by atoms with Crippen molar-refractivity contribution in [1.29, 1.82) is 5.26 Å². The number of carboxylic acids is 1. The molecule has 2 fully saturated rings. The molecule has 0 bridgehead atoms. The van der Waals surface area contributed by atoms with E-state index in [1.54, 1.807) is 11.3 Å². The summed E-state index contributed by atoms with van der Waals surface area (Å²) in [4.78, 5) is 14.4. The van der Waals surface area contributed by atoms with Crippen LogP contribution in [0.1, 0.15) is 53.9 Å². The van der Waals surface area contributed by atoms with Crippen molar-refractivity contribution < 1.29 is 23.1 Å². The average Bonchev–Trinajstić information content (AvgIpc) is 3.01. The third-order valence-corrected chi connectivity index (χ3v) is 9.44. The maximum Gasteiger partial charge on any atom is 0.490 e. The zero-order valence-corrected chi connectivity index (χ0v) is 22.2. The molecule has 202 valence electrons. The molecule has 1 saturated heterocycles. The first-order valence-corrected chi connectivity index (χ1v) is 14.4. The van der Waals surface area contributed by atoms with Gasteiger partial charge in [0.15, 0.2) is 0 Å². The summed E-state index contributed by atoms with van der Waals surface area (Å²) in [6.07, 6.45) is 0.530. The highest BCUT2D eigenvalue weighted by atomic mass is 32.2. The van der Waals surface area contributed by atoms with Crippen molar-refractivity contribution in [1.82, 2.24) is 4.90 Å². The molecule has 2 atom stereocenters. The number of carboxylic acid groups (broad SMARTS) is 1. The van der Waals surface area contributed by atoms with Crippen LogP contribution in [0.4, 0.5) is 18.9 Å². The molecule has 38 heavy (non-hydrogen) atoms. The van der Waals surface area contributed by atoms with Gasteiger partial charge in [-0.1, -0.05) is 18.6 Å². The first-order chi connectivity index (χ1) is 18.2. The summed E-state index contributed by atoms with van der Waals surface area (Å²) in [5.74, 6) is 1.15. The zero-order valence-electron chi connectivity index (χ0n) is 21.4. The molecule has 4 aliphatic rings. The fourth-order valence-corrected chi connectivity index (χ4v) is 7.28. The van der Waals surface area contributed by atoms with Crippen LogP contribution in [-0.4, -0.2) is 60.1 Å². The van der Waals surface area contributed by atoms with Gasteiger partial charge < -0.3 is 14.9 Å². The summed E-state index contributed by atoms with van der Waals surface area (Å²) in [6.45, 7) is 7.09. The normalized spacial score (nSPS) is 22.8. The molecule has 0 unspecified atom stereocenters. The number of likely N-dealkylation sites (tertiary alicyclic amines) is 1. The van der Waals surface area contributed by atoms with Crippen LogP contribution in [0, 0.1) is 24.2 Å². The topological polar surface area (TPSA) is 67.6 Å². The van der Waals surface area contributed by atoms with Gasteiger partial charge in [0.05, 0.1) is 11.6 Å². The second-order valence-corrected chi connectivity index (χ2v) is 11.8. The van der Waals surface area contributed by atoms with E-state index in [1.807, 2.05) is 12.1 Å². The molecule has 0 radical (unpaired) electrons. The smallest absolute Gasteiger partial charge is 0.475 e. The van der Waals surface area contributed by atoms with Crippen LogP contribution in [-0.2, 0) is 10.5 Å². The van der Waals surface area contributed by atoms with Crippen LogP contribution >= 0.6 is 11.8 Å². The number of hydrogen-bond donors (Lipinski definition) is 1. The predicted molar refractivity (Wildman–Crippen MR) is 143 cm³/mol. The third kappa shape index (κ3) is 5.26. The Kier molecular flexibility index (Phi) is 7.65. The van der Waals surface area contributed by atoms with Gasteiger partial charge in [0.25, 0.3) is 0 Å². The number of rotatable bonds is 3. The lowest BCUT2D eigenvalue weighted by atomic mass is 9.82. The number of carbonyl (C=O) groups is 1. The van der Waals surface area contributed by atoms with E-state index in [0.717, 1.165) is 22.8 Å². The molecule has 1 aliphatic carbocycles. The minimum absolute atomic E-state index is 0.630. The summed E-state index contributed by atoms with van der Waals surface area (Å²) in [7, 11) is 0. The molecule has 5 nitrogen and oxygen atoms in total. The predicted octanol–water partition coefficient (Wildman–Crippen LogP) is 6.19. The number of halogens is 3. The van der Waals surface area contributed by atoms with Crippen LogP contribution in [0.5, 0.6) is 0 Å². The Labute approximate surface area is 225 Å². The Bertz CT molecular complexity index is 1250. The Balaban J connectivity index is 0.000000374. The van der Waals surface area contributed by atoms with Crippen molar-refractivity contribution in [3.63, 3.8) is 0 Å². The van der Waals surface area contributed by atoms with E-state index in [0.29, 0.717) is 12.0 Å². The fourth-order valence-electron chi connectivity index (χ4n) is 6.37. The lowest BCUT2D eigenvalue weighted by Crippen LogP contribution is -2.48. The molecule has 0 amide bonds. The number of alkyl halides is 3. The minimum atomic E-state index is -5.08. The standard InChI is InChI=1S/C27H31N3S.C2HF3O2/c1-18-20(14-28)6-3-7-23(18)21-12-22-17-31-11-10-30-26-8-9-29(15-19-4-2-5-19)16-25(26)24(13-21)27(22)30;3-2(4,5)1(6)7/h3,6-7,12-13,19,25-26H,2,4-5,8-11,15-17H2,1H3;(H,6,7)/t25-,26-;/m0./s1. The van der Waals surface area contributed by atoms with E-state index in [-0.39, 0.29) is 0 Å². The summed E-state index contributed by atoms with van der Waals surface area (Å²) in [5.41, 5.74) is 9.09. The van der Waals surface area contributed by atoms with E-state index in [2.05, 4.69) is 52.8 Å². The lowest BCUT2D eigenvalue weighted by Gasteiger charge is -2.41. The Morgan fingerprint density at radius 2 is 1.97 bits per heavy atom. The second kappa shape index (κ2) is 10.8. The fraction of sp³-hybridized carbons (Fsp3) is 0.517. The first-order valence-electron chi connectivity index (χ1n) is 13.2. The number of nitriles is 1. The number of aliphatic carboxylic acids is 1. The summed E-state index contributed by atoms with van der Waals surface area (Å²) in [5, 5.41) is 16.7. The van der Waals surface area contributed by atoms with Gasteiger partial charge in [0, 0.05) is 55.3 Å². The SMILES string of the molecule is Cc1c(C#N)cccc1-c1cc2c3c(c1)[C@@H]1CN(CC4CCC4)CC[C@@H]1N3CCSC2.O=C(O)C(F)(F)F. The highest BCUT2D eigenvalue weighted by molar-refractivity contribution is 7.98. The van der Waals surface area contributed by atoms with Gasteiger partial charge in [-0.2, -0.15) is 30.2 Å². The Morgan fingerprint density at radius 1 is 1.21 bits per heavy atom. The van der Waals surface area contributed by atoms with Crippen LogP contribution in [0.25, 0.3) is 11.1 Å². The quantitative estimate of drug-likeness (QED) is 0.498. The average molecular weight is 544 g/mol. The van der Waals surface area contributed by atoms with Crippen LogP contribution < -0.4 is 4.90 Å². The van der Waals surface area contributed by atoms with Gasteiger partial charge in [-0.05, 0) is 78.1 Å². The molecule has 1 saturated carbocycles. The van der Waals surface area contributed by atoms with Crippen LogP contribution in [0.15, 0.2) is 30.3 Å². The molecule has 3 heterocycles. The number of piperidine rings is 1. The van der Waals surface area contributed by atoms with E-state index >= 15 is 0 Å². The Hall–Kier alpha value is -2.70. The van der Waals surface area contributed by atoms with Crippen molar-refractivity contribution in [3.8, 4) is 17.2 Å². The van der Waals surface area contributed by atoms with Crippen molar-refractivity contribution in [2.45, 2.75) is 56.5 Å². The Morgan fingerprint density at radius 3 is 2.63 bits per heavy atom. The van der Waals surface area contributed by atoms with Gasteiger partial charge in [0.1, 0.15) is 0 Å². The van der Waals surface area contributed by atoms with Crippen molar-refractivity contribution >= 4 is 23.4 Å². The molecule has 2 aromatic rings. The number of thioether (sulfide) groups is 1.